The van der Waals surface area contributed by atoms with Crippen LogP contribution in [0, 0.1) is 5.92 Å². The Balaban J connectivity index is 2.05. The van der Waals surface area contributed by atoms with Crippen molar-refractivity contribution in [2.75, 3.05) is 23.1 Å². The smallest absolute Gasteiger partial charge is 0.338 e. The molecule has 1 aromatic heterocycles. The minimum Gasteiger partial charge on any atom is -0.462 e. The highest BCUT2D eigenvalue weighted by Crippen LogP contribution is 2.25. The normalized spacial score (nSPS) is 11.3. The van der Waals surface area contributed by atoms with Crippen LogP contribution in [0.25, 0.3) is 0 Å². The number of carbonyl (C=O) groups is 1. The molecule has 0 radical (unpaired) electrons. The Morgan fingerprint density at radius 2 is 1.78 bits per heavy atom. The molecule has 0 unspecified atom stereocenters. The van der Waals surface area contributed by atoms with Crippen LogP contribution in [0.2, 0.25) is 0 Å². The van der Waals surface area contributed by atoms with Gasteiger partial charge in [-0.3, -0.25) is 0 Å². The highest BCUT2D eigenvalue weighted by molar-refractivity contribution is 5.90. The van der Waals surface area contributed by atoms with Crippen molar-refractivity contribution in [2.24, 2.45) is 5.92 Å². The topological polar surface area (TPSA) is 114 Å². The molecule has 8 heteroatoms. The summed E-state index contributed by atoms with van der Waals surface area (Å²) in [7, 11) is 0. The minimum atomic E-state index is -0.337. The van der Waals surface area contributed by atoms with Gasteiger partial charge in [0, 0.05) is 11.2 Å². The second-order valence-corrected chi connectivity index (χ2v) is 7.68. The Morgan fingerprint density at radius 3 is 2.37 bits per heavy atom. The number of hydrogen-bond acceptors (Lipinski definition) is 8. The molecule has 8 nitrogen and oxygen atoms in total. The second kappa shape index (κ2) is 8.68. The van der Waals surface area contributed by atoms with E-state index in [1.165, 1.54) is 6.33 Å². The Morgan fingerprint density at radius 1 is 1.15 bits per heavy atom. The lowest BCUT2D eigenvalue weighted by atomic mass is 10.1. The van der Waals surface area contributed by atoms with Gasteiger partial charge in [0.25, 0.3) is 0 Å². The number of nitrogens with two attached hydrogens (primary N) is 1. The van der Waals surface area contributed by atoms with E-state index in [9.17, 15) is 4.79 Å². The van der Waals surface area contributed by atoms with E-state index in [1.807, 2.05) is 34.6 Å². The fraction of sp³-hybridized carbons (Fsp3) is 0.421. The van der Waals surface area contributed by atoms with Crippen molar-refractivity contribution in [2.45, 2.75) is 40.2 Å². The van der Waals surface area contributed by atoms with Crippen molar-refractivity contribution in [3.8, 4) is 0 Å². The number of rotatable bonds is 7. The zero-order valence-electron chi connectivity index (χ0n) is 16.5. The number of anilines is 4. The zero-order chi connectivity index (χ0) is 20.0. The van der Waals surface area contributed by atoms with Crippen molar-refractivity contribution in [1.82, 2.24) is 15.4 Å². The van der Waals surface area contributed by atoms with Gasteiger partial charge in [-0.25, -0.2) is 20.2 Å². The number of benzene rings is 1. The number of ether oxygens (including phenoxy) is 1. The number of hydrazine groups is 1. The van der Waals surface area contributed by atoms with Gasteiger partial charge in [0.05, 0.1) is 12.2 Å². The molecule has 0 spiro atoms. The first kappa shape index (κ1) is 20.4. The van der Waals surface area contributed by atoms with Crippen LogP contribution >= 0.6 is 0 Å². The van der Waals surface area contributed by atoms with E-state index in [0.717, 1.165) is 5.69 Å². The largest absolute Gasteiger partial charge is 0.462 e. The van der Waals surface area contributed by atoms with Crippen molar-refractivity contribution in [1.29, 1.82) is 0 Å². The van der Waals surface area contributed by atoms with Crippen LogP contribution in [0.5, 0.6) is 0 Å². The van der Waals surface area contributed by atoms with Gasteiger partial charge in [-0.2, -0.15) is 0 Å². The van der Waals surface area contributed by atoms with Gasteiger partial charge in [0.1, 0.15) is 12.0 Å². The average molecular weight is 372 g/mol. The van der Waals surface area contributed by atoms with Gasteiger partial charge >= 0.3 is 5.97 Å². The maximum Gasteiger partial charge on any atom is 0.338 e. The summed E-state index contributed by atoms with van der Waals surface area (Å²) in [6.45, 7) is 10.4. The number of nitrogens with one attached hydrogen (secondary N) is 3. The number of esters is 1. The van der Waals surface area contributed by atoms with Crippen molar-refractivity contribution >= 4 is 29.0 Å². The van der Waals surface area contributed by atoms with Gasteiger partial charge in [-0.15, -0.1) is 0 Å². The average Bonchev–Trinajstić information content (AvgIpc) is 2.60. The van der Waals surface area contributed by atoms with E-state index in [4.69, 9.17) is 10.5 Å². The van der Waals surface area contributed by atoms with Crippen LogP contribution in [0.3, 0.4) is 0 Å². The summed E-state index contributed by atoms with van der Waals surface area (Å²) in [5.41, 5.74) is 13.7. The van der Waals surface area contributed by atoms with Crippen molar-refractivity contribution in [3.63, 3.8) is 0 Å². The van der Waals surface area contributed by atoms with Crippen molar-refractivity contribution in [3.05, 3.63) is 36.2 Å². The third-order valence-electron chi connectivity index (χ3n) is 3.37. The Kier molecular flexibility index (Phi) is 6.57. The fourth-order valence-electron chi connectivity index (χ4n) is 1.99. The standard InChI is InChI=1S/C19H28N6O2/c1-12(2)10-27-18(26)13-6-8-14(9-7-13)23-16-15(20)17(22-11-21-16)24-25-19(3,4)5/h6-9,11-12,25H,10,20H2,1-5H3,(H2,21,22,23,24). The molecule has 1 heterocycles. The molecule has 0 aliphatic rings. The number of hydrogen-bond donors (Lipinski definition) is 4. The van der Waals surface area contributed by atoms with Crippen LogP contribution in [0.1, 0.15) is 45.0 Å². The van der Waals surface area contributed by atoms with Gasteiger partial charge in [0.15, 0.2) is 11.6 Å². The summed E-state index contributed by atoms with van der Waals surface area (Å²) in [4.78, 5) is 20.3. The van der Waals surface area contributed by atoms with Gasteiger partial charge in [-0.05, 0) is 51.0 Å². The van der Waals surface area contributed by atoms with Crippen molar-refractivity contribution < 1.29 is 9.53 Å². The highest BCUT2D eigenvalue weighted by atomic mass is 16.5. The molecule has 0 amide bonds. The van der Waals surface area contributed by atoms with Gasteiger partial charge in [-0.1, -0.05) is 13.8 Å². The SMILES string of the molecule is CC(C)COC(=O)c1ccc(Nc2ncnc(NNC(C)(C)C)c2N)cc1. The summed E-state index contributed by atoms with van der Waals surface area (Å²) in [5.74, 6) is 0.914. The lowest BCUT2D eigenvalue weighted by Gasteiger charge is -2.22. The van der Waals surface area contributed by atoms with E-state index in [-0.39, 0.29) is 11.5 Å². The minimum absolute atomic E-state index is 0.148. The van der Waals surface area contributed by atoms with E-state index in [0.29, 0.717) is 35.4 Å². The lowest BCUT2D eigenvalue weighted by molar-refractivity contribution is 0.0459. The fourth-order valence-corrected chi connectivity index (χ4v) is 1.99. The number of carbonyl (C=O) groups excluding carboxylic acids is 1. The molecular formula is C19H28N6O2. The Labute approximate surface area is 159 Å². The van der Waals surface area contributed by atoms with E-state index in [2.05, 4.69) is 26.1 Å². The van der Waals surface area contributed by atoms with Gasteiger partial charge in [0.2, 0.25) is 0 Å². The molecular weight excluding hydrogens is 344 g/mol. The molecule has 0 aliphatic heterocycles. The maximum absolute atomic E-state index is 12.0. The summed E-state index contributed by atoms with van der Waals surface area (Å²) < 4.78 is 5.22. The molecule has 0 bridgehead atoms. The third kappa shape index (κ3) is 6.41. The quantitative estimate of drug-likeness (QED) is 0.432. The lowest BCUT2D eigenvalue weighted by Crippen LogP contribution is -2.40. The summed E-state index contributed by atoms with van der Waals surface area (Å²) in [6, 6.07) is 6.94. The zero-order valence-corrected chi connectivity index (χ0v) is 16.5. The van der Waals surface area contributed by atoms with Crippen LogP contribution in [0.4, 0.5) is 23.0 Å². The molecule has 0 saturated heterocycles. The number of aromatic nitrogens is 2. The monoisotopic (exact) mass is 372 g/mol. The van der Waals surface area contributed by atoms with Gasteiger partial charge < -0.3 is 21.2 Å². The molecule has 0 aliphatic carbocycles. The first-order valence-corrected chi connectivity index (χ1v) is 8.83. The number of nitrogen functional groups attached to an aromatic ring is 1. The van der Waals surface area contributed by atoms with E-state index >= 15 is 0 Å². The summed E-state index contributed by atoms with van der Waals surface area (Å²) in [5, 5.41) is 3.13. The molecule has 2 rings (SSSR count). The molecule has 146 valence electrons. The first-order chi connectivity index (χ1) is 12.7. The molecule has 5 N–H and O–H groups in total. The molecule has 27 heavy (non-hydrogen) atoms. The second-order valence-electron chi connectivity index (χ2n) is 7.68. The summed E-state index contributed by atoms with van der Waals surface area (Å²) in [6.07, 6.45) is 1.42. The maximum atomic E-state index is 12.0. The molecule has 0 atom stereocenters. The Bertz CT molecular complexity index is 769. The van der Waals surface area contributed by atoms with Crippen LogP contribution in [-0.4, -0.2) is 28.1 Å². The molecule has 0 fully saturated rings. The highest BCUT2D eigenvalue weighted by Gasteiger charge is 2.13. The predicted octanol–water partition coefficient (Wildman–Crippen LogP) is 3.33. The third-order valence-corrected chi connectivity index (χ3v) is 3.37. The molecule has 2 aromatic rings. The summed E-state index contributed by atoms with van der Waals surface area (Å²) >= 11 is 0. The predicted molar refractivity (Wildman–Crippen MR) is 108 cm³/mol. The van der Waals surface area contributed by atoms with E-state index in [1.54, 1.807) is 24.3 Å². The Hall–Kier alpha value is -2.87. The van der Waals surface area contributed by atoms with Crippen LogP contribution in [0.15, 0.2) is 30.6 Å². The molecule has 1 aromatic carbocycles. The first-order valence-electron chi connectivity index (χ1n) is 8.83. The van der Waals surface area contributed by atoms with E-state index < -0.39 is 0 Å². The van der Waals surface area contributed by atoms with Crippen LogP contribution < -0.4 is 21.9 Å². The molecule has 0 saturated carbocycles. The van der Waals surface area contributed by atoms with Crippen LogP contribution in [-0.2, 0) is 4.74 Å². The number of nitrogens with zero attached hydrogens (tertiary/aromatic N) is 2.